The number of halogens is 1. The van der Waals surface area contributed by atoms with E-state index in [1.165, 1.54) is 4.68 Å². The van der Waals surface area contributed by atoms with Crippen molar-refractivity contribution in [3.8, 4) is 17.0 Å². The largest absolute Gasteiger partial charge is 0.496 e. The Morgan fingerprint density at radius 1 is 1.32 bits per heavy atom. The monoisotopic (exact) mass is 366 g/mol. The summed E-state index contributed by atoms with van der Waals surface area (Å²) in [5.74, 6) is 0.706. The smallest absolute Gasteiger partial charge is 0.435 e. The third-order valence-corrected chi connectivity index (χ3v) is 3.44. The van der Waals surface area contributed by atoms with Crippen molar-refractivity contribution in [2.75, 3.05) is 7.11 Å². The normalized spacial score (nSPS) is 11.3. The first kappa shape index (κ1) is 16.5. The Bertz CT molecular complexity index is 674. The quantitative estimate of drug-likeness (QED) is 0.762. The molecule has 1 aromatic heterocycles. The zero-order valence-corrected chi connectivity index (χ0v) is 14.7. The number of ether oxygens (including phenoxy) is 2. The first-order chi connectivity index (χ1) is 10.4. The molecule has 0 aliphatic carbocycles. The van der Waals surface area contributed by atoms with Crippen LogP contribution in [0.3, 0.4) is 0 Å². The molecule has 118 valence electrons. The molecule has 0 unspecified atom stereocenters. The SMILES string of the molecule is COc1ccccc1-c1cc(CBr)n(C(=O)OC(C)(C)C)n1. The van der Waals surface area contributed by atoms with E-state index in [1.54, 1.807) is 7.11 Å². The number of nitrogens with zero attached hydrogens (tertiary/aromatic N) is 2. The molecule has 0 atom stereocenters. The van der Waals surface area contributed by atoms with Crippen LogP contribution in [0.5, 0.6) is 5.75 Å². The third-order valence-electron chi connectivity index (χ3n) is 2.87. The molecule has 1 aromatic carbocycles. The lowest BCUT2D eigenvalue weighted by Gasteiger charge is -2.19. The van der Waals surface area contributed by atoms with Gasteiger partial charge in [0.25, 0.3) is 0 Å². The fourth-order valence-corrected chi connectivity index (χ4v) is 2.37. The maximum Gasteiger partial charge on any atom is 0.435 e. The molecule has 0 spiro atoms. The number of carbonyl (C=O) groups excluding carboxylic acids is 1. The lowest BCUT2D eigenvalue weighted by atomic mass is 10.1. The summed E-state index contributed by atoms with van der Waals surface area (Å²) in [4.78, 5) is 12.3. The van der Waals surface area contributed by atoms with Crippen molar-refractivity contribution in [1.82, 2.24) is 9.78 Å². The molecule has 1 heterocycles. The number of benzene rings is 1. The van der Waals surface area contributed by atoms with Crippen molar-refractivity contribution >= 4 is 22.0 Å². The molecule has 0 aliphatic rings. The van der Waals surface area contributed by atoms with Gasteiger partial charge in [-0.3, -0.25) is 0 Å². The van der Waals surface area contributed by atoms with Gasteiger partial charge in [0.05, 0.1) is 18.5 Å². The van der Waals surface area contributed by atoms with Gasteiger partial charge in [-0.2, -0.15) is 9.78 Å². The number of hydrogen-bond acceptors (Lipinski definition) is 4. The number of rotatable bonds is 3. The van der Waals surface area contributed by atoms with E-state index in [9.17, 15) is 4.79 Å². The fraction of sp³-hybridized carbons (Fsp3) is 0.375. The highest BCUT2D eigenvalue weighted by Gasteiger charge is 2.22. The van der Waals surface area contributed by atoms with Gasteiger partial charge in [0.15, 0.2) is 0 Å². The number of hydrogen-bond donors (Lipinski definition) is 0. The van der Waals surface area contributed by atoms with Gasteiger partial charge in [-0.15, -0.1) is 0 Å². The summed E-state index contributed by atoms with van der Waals surface area (Å²) in [5, 5.41) is 4.87. The second kappa shape index (κ2) is 6.52. The Kier molecular flexibility index (Phi) is 4.90. The van der Waals surface area contributed by atoms with Crippen LogP contribution in [-0.4, -0.2) is 28.6 Å². The van der Waals surface area contributed by atoms with Crippen molar-refractivity contribution < 1.29 is 14.3 Å². The van der Waals surface area contributed by atoms with Crippen molar-refractivity contribution in [2.24, 2.45) is 0 Å². The van der Waals surface area contributed by atoms with Gasteiger partial charge >= 0.3 is 6.09 Å². The standard InChI is InChI=1S/C16H19BrN2O3/c1-16(2,3)22-15(20)19-11(10-17)9-13(18-19)12-7-5-6-8-14(12)21-4/h5-9H,10H2,1-4H3. The van der Waals surface area contributed by atoms with Gasteiger partial charge in [0.1, 0.15) is 11.4 Å². The molecular weight excluding hydrogens is 348 g/mol. The topological polar surface area (TPSA) is 53.4 Å². The summed E-state index contributed by atoms with van der Waals surface area (Å²) in [6, 6.07) is 9.39. The molecule has 0 saturated heterocycles. The number of carbonyl (C=O) groups is 1. The minimum Gasteiger partial charge on any atom is -0.496 e. The Balaban J connectivity index is 2.43. The summed E-state index contributed by atoms with van der Waals surface area (Å²) >= 11 is 3.38. The molecule has 0 fully saturated rings. The molecule has 0 bridgehead atoms. The highest BCUT2D eigenvalue weighted by molar-refractivity contribution is 9.08. The Hall–Kier alpha value is -1.82. The van der Waals surface area contributed by atoms with Gasteiger partial charge in [0.2, 0.25) is 0 Å². The summed E-state index contributed by atoms with van der Waals surface area (Å²) in [7, 11) is 1.61. The minimum absolute atomic E-state index is 0.494. The molecule has 6 heteroatoms. The van der Waals surface area contributed by atoms with Gasteiger partial charge in [-0.1, -0.05) is 28.1 Å². The Morgan fingerprint density at radius 3 is 2.59 bits per heavy atom. The summed E-state index contributed by atoms with van der Waals surface area (Å²) in [5.41, 5.74) is 1.64. The maximum atomic E-state index is 12.3. The second-order valence-electron chi connectivity index (χ2n) is 5.75. The second-order valence-corrected chi connectivity index (χ2v) is 6.31. The number of para-hydroxylation sites is 1. The number of aromatic nitrogens is 2. The zero-order valence-electron chi connectivity index (χ0n) is 13.1. The van der Waals surface area contributed by atoms with E-state index in [4.69, 9.17) is 9.47 Å². The lowest BCUT2D eigenvalue weighted by molar-refractivity contribution is 0.0511. The van der Waals surface area contributed by atoms with Crippen LogP contribution < -0.4 is 4.74 Å². The van der Waals surface area contributed by atoms with Crippen molar-refractivity contribution in [3.05, 3.63) is 36.0 Å². The third kappa shape index (κ3) is 3.68. The van der Waals surface area contributed by atoms with E-state index >= 15 is 0 Å². The molecule has 22 heavy (non-hydrogen) atoms. The molecule has 2 aromatic rings. The van der Waals surface area contributed by atoms with Crippen LogP contribution in [0.15, 0.2) is 30.3 Å². The minimum atomic E-state index is -0.572. The van der Waals surface area contributed by atoms with Gasteiger partial charge < -0.3 is 9.47 Å². The summed E-state index contributed by atoms with van der Waals surface area (Å²) in [6.07, 6.45) is -0.497. The number of methoxy groups -OCH3 is 1. The van der Waals surface area contributed by atoms with Crippen LogP contribution in [0.2, 0.25) is 0 Å². The van der Waals surface area contributed by atoms with Gasteiger partial charge in [-0.05, 0) is 39.0 Å². The Morgan fingerprint density at radius 2 is 2.00 bits per heavy atom. The van der Waals surface area contributed by atoms with E-state index in [0.29, 0.717) is 16.8 Å². The summed E-state index contributed by atoms with van der Waals surface area (Å²) < 4.78 is 12.0. The van der Waals surface area contributed by atoms with Crippen LogP contribution in [0.25, 0.3) is 11.3 Å². The highest BCUT2D eigenvalue weighted by Crippen LogP contribution is 2.29. The van der Waals surface area contributed by atoms with E-state index in [0.717, 1.165) is 11.3 Å². The predicted molar refractivity (Wildman–Crippen MR) is 88.5 cm³/mol. The Labute approximate surface area is 138 Å². The molecular formula is C16H19BrN2O3. The van der Waals surface area contributed by atoms with Crippen molar-refractivity contribution in [2.45, 2.75) is 31.7 Å². The van der Waals surface area contributed by atoms with E-state index in [2.05, 4.69) is 21.0 Å². The molecule has 5 nitrogen and oxygen atoms in total. The molecule has 0 amide bonds. The first-order valence-electron chi connectivity index (χ1n) is 6.87. The van der Waals surface area contributed by atoms with Gasteiger partial charge in [-0.25, -0.2) is 4.79 Å². The first-order valence-corrected chi connectivity index (χ1v) is 7.99. The van der Waals surface area contributed by atoms with E-state index < -0.39 is 11.7 Å². The average molecular weight is 367 g/mol. The highest BCUT2D eigenvalue weighted by atomic mass is 79.9. The number of alkyl halides is 1. The fourth-order valence-electron chi connectivity index (χ4n) is 1.97. The van der Waals surface area contributed by atoms with Crippen molar-refractivity contribution in [3.63, 3.8) is 0 Å². The van der Waals surface area contributed by atoms with Crippen molar-refractivity contribution in [1.29, 1.82) is 0 Å². The lowest BCUT2D eigenvalue weighted by Crippen LogP contribution is -2.28. The molecule has 0 saturated carbocycles. The van der Waals surface area contributed by atoms with Gasteiger partial charge in [0, 0.05) is 10.9 Å². The van der Waals surface area contributed by atoms with Crippen LogP contribution in [0, 0.1) is 0 Å². The van der Waals surface area contributed by atoms with E-state index in [-0.39, 0.29) is 0 Å². The molecule has 0 aliphatic heterocycles. The maximum absolute atomic E-state index is 12.3. The molecule has 0 radical (unpaired) electrons. The zero-order chi connectivity index (χ0) is 16.3. The molecule has 2 rings (SSSR count). The van der Waals surface area contributed by atoms with Crippen LogP contribution in [-0.2, 0) is 10.1 Å². The van der Waals surface area contributed by atoms with Crippen LogP contribution >= 0.6 is 15.9 Å². The van der Waals surface area contributed by atoms with E-state index in [1.807, 2.05) is 51.1 Å². The summed E-state index contributed by atoms with van der Waals surface area (Å²) in [6.45, 7) is 5.47. The van der Waals surface area contributed by atoms with Crippen LogP contribution in [0.4, 0.5) is 4.79 Å². The average Bonchev–Trinajstić information content (AvgIpc) is 2.89. The predicted octanol–water partition coefficient (Wildman–Crippen LogP) is 4.24. The molecule has 0 N–H and O–H groups in total. The van der Waals surface area contributed by atoms with Crippen LogP contribution in [0.1, 0.15) is 26.5 Å².